The van der Waals surface area contributed by atoms with E-state index in [0.29, 0.717) is 23.4 Å². The minimum absolute atomic E-state index is 0.144. The third kappa shape index (κ3) is 4.63. The maximum atomic E-state index is 10.7. The topological polar surface area (TPSA) is 64.3 Å². The third-order valence-electron chi connectivity index (χ3n) is 2.13. The van der Waals surface area contributed by atoms with Gasteiger partial charge in [-0.15, -0.1) is 0 Å². The predicted molar refractivity (Wildman–Crippen MR) is 68.1 cm³/mol. The van der Waals surface area contributed by atoms with Gasteiger partial charge in [-0.2, -0.15) is 0 Å². The molecule has 0 heterocycles. The Hall–Kier alpha value is -1.26. The molecule has 0 fully saturated rings. The summed E-state index contributed by atoms with van der Waals surface area (Å²) in [7, 11) is 0. The van der Waals surface area contributed by atoms with Crippen LogP contribution < -0.4 is 15.8 Å². The van der Waals surface area contributed by atoms with E-state index in [1.807, 2.05) is 13.8 Å². The number of nitrogens with two attached hydrogens (primary N) is 1. The number of ether oxygens (including phenoxy) is 1. The first-order valence-electron chi connectivity index (χ1n) is 5.42. The van der Waals surface area contributed by atoms with E-state index in [4.69, 9.17) is 22.1 Å². The zero-order valence-electron chi connectivity index (χ0n) is 10.00. The van der Waals surface area contributed by atoms with Crippen molar-refractivity contribution in [2.45, 2.75) is 26.4 Å². The van der Waals surface area contributed by atoms with Crippen molar-refractivity contribution in [1.29, 1.82) is 0 Å². The molecule has 0 radical (unpaired) electrons. The lowest BCUT2D eigenvalue weighted by Gasteiger charge is -2.14. The van der Waals surface area contributed by atoms with E-state index in [2.05, 4.69) is 5.32 Å². The summed E-state index contributed by atoms with van der Waals surface area (Å²) < 4.78 is 5.31. The van der Waals surface area contributed by atoms with Crippen molar-refractivity contribution in [2.24, 2.45) is 5.73 Å². The van der Waals surface area contributed by atoms with Gasteiger partial charge in [0, 0.05) is 23.2 Å². The standard InChI is InChI=1S/C12H17ClN2O2/c1-8(2)15-6-9-10(13)4-3-5-11(9)17-7-12(14)16/h3-5,8,15H,6-7H2,1-2H3,(H2,14,16). The quantitative estimate of drug-likeness (QED) is 0.814. The molecule has 0 aromatic heterocycles. The van der Waals surface area contributed by atoms with Crippen molar-refractivity contribution >= 4 is 17.5 Å². The fourth-order valence-electron chi connectivity index (χ4n) is 1.30. The van der Waals surface area contributed by atoms with E-state index in [9.17, 15) is 4.79 Å². The highest BCUT2D eigenvalue weighted by atomic mass is 35.5. The highest BCUT2D eigenvalue weighted by Gasteiger charge is 2.09. The molecule has 3 N–H and O–H groups in total. The Morgan fingerprint density at radius 1 is 1.53 bits per heavy atom. The minimum atomic E-state index is -0.507. The average molecular weight is 257 g/mol. The van der Waals surface area contributed by atoms with E-state index in [1.165, 1.54) is 0 Å². The van der Waals surface area contributed by atoms with E-state index in [0.717, 1.165) is 5.56 Å². The van der Waals surface area contributed by atoms with Gasteiger partial charge in [0.25, 0.3) is 5.91 Å². The van der Waals surface area contributed by atoms with Crippen molar-refractivity contribution in [2.75, 3.05) is 6.61 Å². The summed E-state index contributed by atoms with van der Waals surface area (Å²) in [6.07, 6.45) is 0. The number of nitrogens with one attached hydrogen (secondary N) is 1. The first kappa shape index (κ1) is 13.8. The first-order valence-corrected chi connectivity index (χ1v) is 5.80. The maximum absolute atomic E-state index is 10.7. The van der Waals surface area contributed by atoms with Crippen LogP contribution in [0.4, 0.5) is 0 Å². The number of carbonyl (C=O) groups excluding carboxylic acids is 1. The van der Waals surface area contributed by atoms with Gasteiger partial charge in [0.1, 0.15) is 5.75 Å². The molecule has 0 saturated heterocycles. The normalized spacial score (nSPS) is 10.6. The molecule has 0 bridgehead atoms. The second-order valence-electron chi connectivity index (χ2n) is 4.01. The van der Waals surface area contributed by atoms with Crippen LogP contribution in [0.25, 0.3) is 0 Å². The Kier molecular flexibility index (Phi) is 5.25. The smallest absolute Gasteiger partial charge is 0.255 e. The zero-order valence-corrected chi connectivity index (χ0v) is 10.8. The van der Waals surface area contributed by atoms with Gasteiger partial charge in [0.05, 0.1) is 0 Å². The molecule has 4 nitrogen and oxygen atoms in total. The number of hydrogen-bond donors (Lipinski definition) is 2. The van der Waals surface area contributed by atoms with Crippen molar-refractivity contribution in [3.8, 4) is 5.75 Å². The molecule has 17 heavy (non-hydrogen) atoms. The SMILES string of the molecule is CC(C)NCc1c(Cl)cccc1OCC(N)=O. The molecule has 0 atom stereocenters. The number of amides is 1. The summed E-state index contributed by atoms with van der Waals surface area (Å²) >= 11 is 6.09. The van der Waals surface area contributed by atoms with Crippen molar-refractivity contribution in [3.05, 3.63) is 28.8 Å². The Balaban J connectivity index is 2.80. The average Bonchev–Trinajstić information content (AvgIpc) is 2.24. The molecule has 0 aliphatic heterocycles. The molecular formula is C12H17ClN2O2. The van der Waals surface area contributed by atoms with Gasteiger partial charge in [-0.25, -0.2) is 0 Å². The zero-order chi connectivity index (χ0) is 12.8. The van der Waals surface area contributed by atoms with Gasteiger partial charge < -0.3 is 15.8 Å². The van der Waals surface area contributed by atoms with Crippen molar-refractivity contribution < 1.29 is 9.53 Å². The highest BCUT2D eigenvalue weighted by molar-refractivity contribution is 6.31. The highest BCUT2D eigenvalue weighted by Crippen LogP contribution is 2.26. The molecule has 0 unspecified atom stereocenters. The number of carbonyl (C=O) groups is 1. The number of halogens is 1. The molecule has 94 valence electrons. The Morgan fingerprint density at radius 2 is 2.24 bits per heavy atom. The predicted octanol–water partition coefficient (Wildman–Crippen LogP) is 1.70. The van der Waals surface area contributed by atoms with Gasteiger partial charge in [-0.05, 0) is 12.1 Å². The summed E-state index contributed by atoms with van der Waals surface area (Å²) in [6, 6.07) is 5.68. The van der Waals surface area contributed by atoms with Crippen LogP contribution in [0.2, 0.25) is 5.02 Å². The summed E-state index contributed by atoms with van der Waals surface area (Å²) in [5.74, 6) is 0.0807. The molecule has 0 aliphatic rings. The molecule has 1 aromatic rings. The number of primary amides is 1. The minimum Gasteiger partial charge on any atom is -0.483 e. The van der Waals surface area contributed by atoms with Crippen LogP contribution in [-0.4, -0.2) is 18.6 Å². The molecule has 1 rings (SSSR count). The van der Waals surface area contributed by atoms with E-state index >= 15 is 0 Å². The first-order chi connectivity index (χ1) is 8.00. The fourth-order valence-corrected chi connectivity index (χ4v) is 1.53. The van der Waals surface area contributed by atoms with Crippen LogP contribution in [0.1, 0.15) is 19.4 Å². The summed E-state index contributed by atoms with van der Waals surface area (Å²) in [4.78, 5) is 10.7. The van der Waals surface area contributed by atoms with Gasteiger partial charge in [0.15, 0.2) is 6.61 Å². The Labute approximate surface area is 106 Å². The van der Waals surface area contributed by atoms with E-state index in [1.54, 1.807) is 18.2 Å². The van der Waals surface area contributed by atoms with Crippen molar-refractivity contribution in [3.63, 3.8) is 0 Å². The Morgan fingerprint density at radius 3 is 2.82 bits per heavy atom. The summed E-state index contributed by atoms with van der Waals surface area (Å²) in [5.41, 5.74) is 5.88. The third-order valence-corrected chi connectivity index (χ3v) is 2.49. The largest absolute Gasteiger partial charge is 0.483 e. The van der Waals surface area contributed by atoms with Crippen LogP contribution in [0.5, 0.6) is 5.75 Å². The lowest BCUT2D eigenvalue weighted by atomic mass is 10.2. The van der Waals surface area contributed by atoms with Crippen LogP contribution in [0, 0.1) is 0 Å². The Bertz CT molecular complexity index is 394. The second kappa shape index (κ2) is 6.47. The summed E-state index contributed by atoms with van der Waals surface area (Å²) in [5, 5.41) is 3.86. The van der Waals surface area contributed by atoms with Crippen LogP contribution in [0.3, 0.4) is 0 Å². The number of benzene rings is 1. The van der Waals surface area contributed by atoms with Crippen LogP contribution >= 0.6 is 11.6 Å². The van der Waals surface area contributed by atoms with E-state index < -0.39 is 5.91 Å². The monoisotopic (exact) mass is 256 g/mol. The van der Waals surface area contributed by atoms with Crippen LogP contribution in [-0.2, 0) is 11.3 Å². The number of rotatable bonds is 6. The molecule has 0 saturated carbocycles. The fraction of sp³-hybridized carbons (Fsp3) is 0.417. The lowest BCUT2D eigenvalue weighted by molar-refractivity contribution is -0.119. The van der Waals surface area contributed by atoms with Gasteiger partial charge >= 0.3 is 0 Å². The van der Waals surface area contributed by atoms with E-state index in [-0.39, 0.29) is 6.61 Å². The second-order valence-corrected chi connectivity index (χ2v) is 4.41. The molecule has 0 spiro atoms. The lowest BCUT2D eigenvalue weighted by Crippen LogP contribution is -2.24. The van der Waals surface area contributed by atoms with Crippen molar-refractivity contribution in [1.82, 2.24) is 5.32 Å². The molecule has 0 aliphatic carbocycles. The molecule has 1 amide bonds. The summed E-state index contributed by atoms with van der Waals surface area (Å²) in [6.45, 7) is 4.53. The number of hydrogen-bond acceptors (Lipinski definition) is 3. The molecular weight excluding hydrogens is 240 g/mol. The van der Waals surface area contributed by atoms with Gasteiger partial charge in [0.2, 0.25) is 0 Å². The molecule has 1 aromatic carbocycles. The molecule has 5 heteroatoms. The van der Waals surface area contributed by atoms with Gasteiger partial charge in [-0.1, -0.05) is 31.5 Å². The van der Waals surface area contributed by atoms with Gasteiger partial charge in [-0.3, -0.25) is 4.79 Å². The van der Waals surface area contributed by atoms with Crippen LogP contribution in [0.15, 0.2) is 18.2 Å². The maximum Gasteiger partial charge on any atom is 0.255 e.